The zero-order chi connectivity index (χ0) is 0. The van der Waals surface area contributed by atoms with E-state index >= 15 is 0 Å². The van der Waals surface area contributed by atoms with Gasteiger partial charge in [-0.25, -0.2) is 0 Å². The predicted octanol–water partition coefficient (Wildman–Crippen LogP) is -0.974. The number of hydrogen-bond acceptors (Lipinski definition) is 2. The monoisotopic (exact) mass is 142 g/mol. The summed E-state index contributed by atoms with van der Waals surface area (Å²) in [6.07, 6.45) is 0. The Labute approximate surface area is 62.4 Å². The minimum atomic E-state index is 0. The van der Waals surface area contributed by atoms with Crippen LogP contribution in [0.2, 0.25) is 0 Å². The first-order chi connectivity index (χ1) is 0. The summed E-state index contributed by atoms with van der Waals surface area (Å²) in [5.41, 5.74) is 0. The van der Waals surface area contributed by atoms with Crippen molar-refractivity contribution >= 4 is 23.1 Å². The summed E-state index contributed by atoms with van der Waals surface area (Å²) in [5.74, 6) is 0. The van der Waals surface area contributed by atoms with Crippen molar-refractivity contribution in [2.75, 3.05) is 0 Å². The topological polar surface area (TPSA) is 117 Å². The smallest absolute Gasteiger partial charge is 2.00 e. The van der Waals surface area contributed by atoms with Crippen LogP contribution in [0.1, 0.15) is 0 Å². The normalized spacial score (nSPS) is 0. The van der Waals surface area contributed by atoms with Gasteiger partial charge < -0.3 is 21.9 Å². The molecule has 0 aromatic rings. The molecule has 0 heterocycles. The standard InChI is InChI=1S/Cr.Mg.2H2O.2O/h;;2*1H2;;/q+4;+2;;;2*-2/p-2. The van der Waals surface area contributed by atoms with Crippen molar-refractivity contribution in [1.82, 2.24) is 0 Å². The molecule has 0 radical (unpaired) electrons. The van der Waals surface area contributed by atoms with E-state index in [2.05, 4.69) is 0 Å². The van der Waals surface area contributed by atoms with Crippen LogP contribution in [0.4, 0.5) is 0 Å². The van der Waals surface area contributed by atoms with Gasteiger partial charge in [0.05, 0.1) is 0 Å². The van der Waals surface area contributed by atoms with Crippen LogP contribution < -0.4 is 0 Å². The van der Waals surface area contributed by atoms with Crippen molar-refractivity contribution < 1.29 is 39.3 Å². The molecule has 0 aliphatic carbocycles. The summed E-state index contributed by atoms with van der Waals surface area (Å²) >= 11 is 0. The van der Waals surface area contributed by atoms with Crippen molar-refractivity contribution in [1.29, 1.82) is 0 Å². The molecule has 0 fully saturated rings. The summed E-state index contributed by atoms with van der Waals surface area (Å²) in [5, 5.41) is 0. The molecule has 0 saturated carbocycles. The zero-order valence-electron chi connectivity index (χ0n) is 2.83. The Hall–Kier alpha value is 1.14. The maximum atomic E-state index is 0. The molecule has 34 valence electrons. The van der Waals surface area contributed by atoms with Crippen LogP contribution >= 0.6 is 0 Å². The molecule has 4 nitrogen and oxygen atoms in total. The fourth-order valence-corrected chi connectivity index (χ4v) is 0. The second-order valence-electron chi connectivity index (χ2n) is 0. The van der Waals surface area contributed by atoms with Crippen LogP contribution in [-0.2, 0) is 28.3 Å². The molecule has 0 atom stereocenters. The molecule has 6 heavy (non-hydrogen) atoms. The molecule has 0 bridgehead atoms. The Kier molecular flexibility index (Phi) is 4320. The average molecular weight is 142 g/mol. The molecule has 0 saturated heterocycles. The Bertz CT molecular complexity index is 7.51. The number of rotatable bonds is 0. The van der Waals surface area contributed by atoms with Crippen molar-refractivity contribution in [3.05, 3.63) is 0 Å². The zero-order valence-corrected chi connectivity index (χ0v) is 5.52. The van der Waals surface area contributed by atoms with Crippen LogP contribution in [-0.4, -0.2) is 34.0 Å². The molecule has 0 unspecified atom stereocenters. The van der Waals surface area contributed by atoms with Crippen LogP contribution in [0.25, 0.3) is 0 Å². The second kappa shape index (κ2) is 125. The summed E-state index contributed by atoms with van der Waals surface area (Å²) in [4.78, 5) is 0. The third-order valence-corrected chi connectivity index (χ3v) is 0. The van der Waals surface area contributed by atoms with E-state index < -0.39 is 0 Å². The van der Waals surface area contributed by atoms with Crippen LogP contribution in [0.15, 0.2) is 0 Å². The van der Waals surface area contributed by atoms with E-state index in [0.29, 0.717) is 0 Å². The van der Waals surface area contributed by atoms with Crippen molar-refractivity contribution in [3.63, 3.8) is 0 Å². The van der Waals surface area contributed by atoms with Gasteiger partial charge >= 0.3 is 40.4 Å². The molecule has 2 N–H and O–H groups in total. The molecule has 0 aliphatic rings. The Balaban J connectivity index is 0. The van der Waals surface area contributed by atoms with Gasteiger partial charge in [0.15, 0.2) is 0 Å². The van der Waals surface area contributed by atoms with Gasteiger partial charge in [0, 0.05) is 0 Å². The first kappa shape index (κ1) is 207. The van der Waals surface area contributed by atoms with E-state index in [1.807, 2.05) is 0 Å². The van der Waals surface area contributed by atoms with Crippen LogP contribution in [0, 0.1) is 0 Å². The second-order valence-corrected chi connectivity index (χ2v) is 0. The van der Waals surface area contributed by atoms with E-state index in [-0.39, 0.29) is 62.3 Å². The molecule has 0 aromatic carbocycles. The SMILES string of the molecule is [Cr+4].[Mg+2].[O-2].[O-2].[OH-].[OH-]. The fraction of sp³-hybridized carbons (Fsp3) is 0. The van der Waals surface area contributed by atoms with E-state index in [9.17, 15) is 0 Å². The average Bonchev–Trinajstić information content (AvgIpc) is 0. The van der Waals surface area contributed by atoms with Crippen LogP contribution in [0.3, 0.4) is 0 Å². The van der Waals surface area contributed by atoms with Gasteiger partial charge in [0.1, 0.15) is 0 Å². The van der Waals surface area contributed by atoms with Crippen molar-refractivity contribution in [2.45, 2.75) is 0 Å². The maximum Gasteiger partial charge on any atom is 4.00 e. The Morgan fingerprint density at radius 3 is 0.667 bits per heavy atom. The number of hydrogen-bond donors (Lipinski definition) is 0. The predicted molar refractivity (Wildman–Crippen MR) is 11.0 cm³/mol. The van der Waals surface area contributed by atoms with Gasteiger partial charge in [-0.3, -0.25) is 0 Å². The van der Waals surface area contributed by atoms with E-state index in [4.69, 9.17) is 0 Å². The summed E-state index contributed by atoms with van der Waals surface area (Å²) < 4.78 is 0. The van der Waals surface area contributed by atoms with Gasteiger partial charge in [-0.05, 0) is 0 Å². The fourth-order valence-electron chi connectivity index (χ4n) is 0. The first-order valence-electron chi connectivity index (χ1n) is 0. The molecule has 0 aliphatic heterocycles. The van der Waals surface area contributed by atoms with Gasteiger partial charge in [0.25, 0.3) is 0 Å². The molecule has 0 amide bonds. The van der Waals surface area contributed by atoms with Crippen molar-refractivity contribution in [3.8, 4) is 0 Å². The molecular formula is H2CrMgO4. The van der Waals surface area contributed by atoms with E-state index in [1.165, 1.54) is 0 Å². The minimum Gasteiger partial charge on any atom is -2.00 e. The van der Waals surface area contributed by atoms with Crippen molar-refractivity contribution in [2.24, 2.45) is 0 Å². The minimum absolute atomic E-state index is 0. The van der Waals surface area contributed by atoms with Crippen LogP contribution in [0.5, 0.6) is 0 Å². The summed E-state index contributed by atoms with van der Waals surface area (Å²) in [6.45, 7) is 0. The quantitative estimate of drug-likeness (QED) is 0.404. The molecule has 0 spiro atoms. The third kappa shape index (κ3) is 67.9. The summed E-state index contributed by atoms with van der Waals surface area (Å²) in [7, 11) is 0. The van der Waals surface area contributed by atoms with Gasteiger partial charge in [-0.2, -0.15) is 0 Å². The molecule has 6 heteroatoms. The van der Waals surface area contributed by atoms with Gasteiger partial charge in [-0.15, -0.1) is 0 Å². The Morgan fingerprint density at radius 1 is 0.667 bits per heavy atom. The van der Waals surface area contributed by atoms with Gasteiger partial charge in [0.2, 0.25) is 0 Å². The van der Waals surface area contributed by atoms with Gasteiger partial charge in [-0.1, -0.05) is 0 Å². The molecular weight excluding hydrogens is 140 g/mol. The Morgan fingerprint density at radius 2 is 0.667 bits per heavy atom. The molecule has 0 rings (SSSR count). The largest absolute Gasteiger partial charge is 4.00 e. The third-order valence-electron chi connectivity index (χ3n) is 0. The molecule has 0 aromatic heterocycles. The summed E-state index contributed by atoms with van der Waals surface area (Å²) in [6, 6.07) is 0. The van der Waals surface area contributed by atoms with E-state index in [0.717, 1.165) is 0 Å². The maximum absolute atomic E-state index is 0. The first-order valence-corrected chi connectivity index (χ1v) is 0. The van der Waals surface area contributed by atoms with E-state index in [1.54, 1.807) is 0 Å².